The van der Waals surface area contributed by atoms with Gasteiger partial charge in [-0.1, -0.05) is 0 Å². The van der Waals surface area contributed by atoms with Crippen molar-refractivity contribution in [2.75, 3.05) is 20.2 Å². The van der Waals surface area contributed by atoms with E-state index in [2.05, 4.69) is 9.88 Å². The number of aromatic nitrogens is 1. The second-order valence-corrected chi connectivity index (χ2v) is 5.17. The monoisotopic (exact) mass is 292 g/mol. The van der Waals surface area contributed by atoms with Gasteiger partial charge in [-0.2, -0.15) is 0 Å². The van der Waals surface area contributed by atoms with Gasteiger partial charge in [-0.05, 0) is 57.1 Å². The highest BCUT2D eigenvalue weighted by Crippen LogP contribution is 2.19. The van der Waals surface area contributed by atoms with E-state index in [0.717, 1.165) is 37.1 Å². The topological polar surface area (TPSA) is 49.5 Å². The Morgan fingerprint density at radius 2 is 1.95 bits per heavy atom. The molecule has 2 rings (SSSR count). The molecule has 0 unspecified atom stereocenters. The molecule has 114 valence electrons. The van der Waals surface area contributed by atoms with Crippen molar-refractivity contribution in [3.8, 4) is 11.5 Å². The normalized spacial score (nSPS) is 11.2. The number of unbranched alkanes of at least 4 members (excludes halogenated alkanes) is 2. The number of aliphatic hydroxyl groups is 1. The number of aliphatic hydroxyl groups excluding tert-OH is 1. The van der Waals surface area contributed by atoms with Crippen LogP contribution in [0, 0.1) is 5.82 Å². The molecular weight excluding hydrogens is 271 g/mol. The molecule has 0 fully saturated rings. The number of halogens is 1. The van der Waals surface area contributed by atoms with Crippen molar-refractivity contribution in [2.24, 2.45) is 0 Å². The molecule has 0 saturated carbocycles. The van der Waals surface area contributed by atoms with Crippen LogP contribution in [0.2, 0.25) is 0 Å². The molecule has 1 aromatic carbocycles. The van der Waals surface area contributed by atoms with E-state index < -0.39 is 0 Å². The van der Waals surface area contributed by atoms with E-state index in [-0.39, 0.29) is 12.4 Å². The molecule has 1 aromatic heterocycles. The maximum Gasteiger partial charge on any atom is 0.226 e. The molecule has 0 aliphatic carbocycles. The standard InChI is InChI=1S/C16H21FN2O2/c1-19(9-3-2-4-10-20)11-15-12-21-16(18-15)13-5-7-14(17)8-6-13/h5-8,12,20H,2-4,9-11H2,1H3. The number of hydrogen-bond donors (Lipinski definition) is 1. The van der Waals surface area contributed by atoms with Gasteiger partial charge in [0, 0.05) is 18.7 Å². The first-order valence-electron chi connectivity index (χ1n) is 7.19. The van der Waals surface area contributed by atoms with Crippen molar-refractivity contribution in [1.82, 2.24) is 9.88 Å². The smallest absolute Gasteiger partial charge is 0.226 e. The Labute approximate surface area is 124 Å². The van der Waals surface area contributed by atoms with Crippen molar-refractivity contribution >= 4 is 0 Å². The van der Waals surface area contributed by atoms with Gasteiger partial charge in [0.2, 0.25) is 5.89 Å². The van der Waals surface area contributed by atoms with Gasteiger partial charge in [-0.15, -0.1) is 0 Å². The van der Waals surface area contributed by atoms with E-state index in [9.17, 15) is 4.39 Å². The first-order chi connectivity index (χ1) is 10.2. The van der Waals surface area contributed by atoms with Crippen LogP contribution in [0.25, 0.3) is 11.5 Å². The number of hydrogen-bond acceptors (Lipinski definition) is 4. The largest absolute Gasteiger partial charge is 0.444 e. The number of rotatable bonds is 8. The molecular formula is C16H21FN2O2. The summed E-state index contributed by atoms with van der Waals surface area (Å²) in [5.41, 5.74) is 1.63. The van der Waals surface area contributed by atoms with Crippen LogP contribution in [0.3, 0.4) is 0 Å². The summed E-state index contributed by atoms with van der Waals surface area (Å²) in [4.78, 5) is 6.59. The molecule has 1 heterocycles. The van der Waals surface area contributed by atoms with Gasteiger partial charge in [0.15, 0.2) is 0 Å². The number of nitrogens with zero attached hydrogens (tertiary/aromatic N) is 2. The summed E-state index contributed by atoms with van der Waals surface area (Å²) in [6, 6.07) is 6.10. The summed E-state index contributed by atoms with van der Waals surface area (Å²) < 4.78 is 18.3. The molecule has 2 aromatic rings. The van der Waals surface area contributed by atoms with Crippen LogP contribution in [-0.2, 0) is 6.54 Å². The average Bonchev–Trinajstić information content (AvgIpc) is 2.93. The molecule has 21 heavy (non-hydrogen) atoms. The number of oxazole rings is 1. The maximum atomic E-state index is 12.9. The second-order valence-electron chi connectivity index (χ2n) is 5.17. The zero-order valence-electron chi connectivity index (χ0n) is 12.3. The molecule has 0 aliphatic rings. The molecule has 4 nitrogen and oxygen atoms in total. The molecule has 0 amide bonds. The van der Waals surface area contributed by atoms with Crippen LogP contribution in [0.1, 0.15) is 25.0 Å². The molecule has 5 heteroatoms. The van der Waals surface area contributed by atoms with Gasteiger partial charge in [0.25, 0.3) is 0 Å². The van der Waals surface area contributed by atoms with Crippen LogP contribution in [0.5, 0.6) is 0 Å². The SMILES string of the molecule is CN(CCCCCO)Cc1coc(-c2ccc(F)cc2)n1. The highest BCUT2D eigenvalue weighted by molar-refractivity contribution is 5.52. The summed E-state index contributed by atoms with van der Waals surface area (Å²) in [6.07, 6.45) is 4.58. The van der Waals surface area contributed by atoms with Gasteiger partial charge in [-0.3, -0.25) is 0 Å². The van der Waals surface area contributed by atoms with Gasteiger partial charge in [0.05, 0.1) is 5.69 Å². The highest BCUT2D eigenvalue weighted by Gasteiger charge is 2.08. The van der Waals surface area contributed by atoms with Crippen LogP contribution in [0.4, 0.5) is 4.39 Å². The third kappa shape index (κ3) is 4.95. The third-order valence-corrected chi connectivity index (χ3v) is 3.27. The lowest BCUT2D eigenvalue weighted by Crippen LogP contribution is -2.19. The Balaban J connectivity index is 1.86. The molecule has 0 bridgehead atoms. The Morgan fingerprint density at radius 3 is 2.67 bits per heavy atom. The minimum absolute atomic E-state index is 0.258. The molecule has 0 aliphatic heterocycles. The van der Waals surface area contributed by atoms with Crippen LogP contribution in [0.15, 0.2) is 34.9 Å². The van der Waals surface area contributed by atoms with Crippen LogP contribution < -0.4 is 0 Å². The zero-order valence-corrected chi connectivity index (χ0v) is 12.3. The fourth-order valence-corrected chi connectivity index (χ4v) is 2.13. The predicted molar refractivity (Wildman–Crippen MR) is 79.2 cm³/mol. The van der Waals surface area contributed by atoms with E-state index in [1.165, 1.54) is 12.1 Å². The minimum Gasteiger partial charge on any atom is -0.444 e. The summed E-state index contributed by atoms with van der Waals surface area (Å²) in [5.74, 6) is 0.242. The average molecular weight is 292 g/mol. The minimum atomic E-state index is -0.270. The van der Waals surface area contributed by atoms with E-state index in [1.54, 1.807) is 18.4 Å². The lowest BCUT2D eigenvalue weighted by Gasteiger charge is -2.14. The molecule has 1 N–H and O–H groups in total. The van der Waals surface area contributed by atoms with Crippen LogP contribution in [-0.4, -0.2) is 35.2 Å². The number of benzene rings is 1. The Hall–Kier alpha value is -1.72. The molecule has 0 spiro atoms. The second kappa shape index (κ2) is 7.90. The lowest BCUT2D eigenvalue weighted by atomic mass is 10.2. The Bertz CT molecular complexity index is 539. The van der Waals surface area contributed by atoms with E-state index in [1.807, 2.05) is 7.05 Å². The maximum absolute atomic E-state index is 12.9. The fraction of sp³-hybridized carbons (Fsp3) is 0.438. The zero-order chi connectivity index (χ0) is 15.1. The van der Waals surface area contributed by atoms with Gasteiger partial charge in [0.1, 0.15) is 12.1 Å². The summed E-state index contributed by atoms with van der Waals surface area (Å²) in [7, 11) is 2.03. The highest BCUT2D eigenvalue weighted by atomic mass is 19.1. The molecule has 0 saturated heterocycles. The first kappa shape index (κ1) is 15.7. The summed E-state index contributed by atoms with van der Waals surface area (Å²) in [6.45, 7) is 1.93. The fourth-order valence-electron chi connectivity index (χ4n) is 2.13. The summed E-state index contributed by atoms with van der Waals surface area (Å²) in [5, 5.41) is 8.74. The predicted octanol–water partition coefficient (Wildman–Crippen LogP) is 3.08. The van der Waals surface area contributed by atoms with E-state index in [0.29, 0.717) is 12.4 Å². The first-order valence-corrected chi connectivity index (χ1v) is 7.19. The van der Waals surface area contributed by atoms with Crippen molar-refractivity contribution in [3.63, 3.8) is 0 Å². The van der Waals surface area contributed by atoms with Gasteiger partial charge in [-0.25, -0.2) is 9.37 Å². The summed E-state index contributed by atoms with van der Waals surface area (Å²) >= 11 is 0. The molecule has 0 atom stereocenters. The van der Waals surface area contributed by atoms with E-state index >= 15 is 0 Å². The lowest BCUT2D eigenvalue weighted by molar-refractivity contribution is 0.270. The van der Waals surface area contributed by atoms with Crippen molar-refractivity contribution in [3.05, 3.63) is 42.0 Å². The van der Waals surface area contributed by atoms with E-state index in [4.69, 9.17) is 9.52 Å². The van der Waals surface area contributed by atoms with Crippen LogP contribution >= 0.6 is 0 Å². The Kier molecular flexibility index (Phi) is 5.90. The van der Waals surface area contributed by atoms with Gasteiger partial charge < -0.3 is 14.4 Å². The quantitative estimate of drug-likeness (QED) is 0.760. The Morgan fingerprint density at radius 1 is 1.19 bits per heavy atom. The van der Waals surface area contributed by atoms with Crippen molar-refractivity contribution in [2.45, 2.75) is 25.8 Å². The third-order valence-electron chi connectivity index (χ3n) is 3.27. The molecule has 0 radical (unpaired) electrons. The van der Waals surface area contributed by atoms with Crippen molar-refractivity contribution in [1.29, 1.82) is 0 Å². The van der Waals surface area contributed by atoms with Gasteiger partial charge >= 0.3 is 0 Å². The van der Waals surface area contributed by atoms with Crippen molar-refractivity contribution < 1.29 is 13.9 Å².